The van der Waals surface area contributed by atoms with E-state index in [1.807, 2.05) is 55.6 Å². The molecule has 4 aromatic rings. The Morgan fingerprint density at radius 1 is 0.822 bits per heavy atom. The minimum Gasteiger partial charge on any atom is -0.447 e. The minimum atomic E-state index is -0.448. The summed E-state index contributed by atoms with van der Waals surface area (Å²) in [7, 11) is 3.52. The van der Waals surface area contributed by atoms with Gasteiger partial charge < -0.3 is 14.6 Å². The van der Waals surface area contributed by atoms with Crippen LogP contribution in [0.3, 0.4) is 0 Å². The average Bonchev–Trinajstić information content (AvgIpc) is 3.58. The Labute approximate surface area is 263 Å². The summed E-state index contributed by atoms with van der Waals surface area (Å²) in [5, 5.41) is 6.88. The molecule has 1 aromatic heterocycles. The molecule has 1 N–H and O–H groups in total. The molecule has 0 atom stereocenters. The lowest BCUT2D eigenvalue weighted by molar-refractivity contribution is -0.127. The van der Waals surface area contributed by atoms with E-state index in [0.29, 0.717) is 19.5 Å². The zero-order valence-electron chi connectivity index (χ0n) is 26.1. The number of carbonyl (C=O) groups is 4. The molecule has 1 heterocycles. The van der Waals surface area contributed by atoms with Crippen LogP contribution < -0.4 is 5.32 Å². The van der Waals surface area contributed by atoms with Gasteiger partial charge >= 0.3 is 6.09 Å². The molecule has 0 saturated heterocycles. The summed E-state index contributed by atoms with van der Waals surface area (Å²) < 4.78 is 7.95. The molecule has 0 unspecified atom stereocenters. The lowest BCUT2D eigenvalue weighted by Gasteiger charge is -2.28. The summed E-state index contributed by atoms with van der Waals surface area (Å²) in [6.45, 7) is 2.84. The van der Waals surface area contributed by atoms with Crippen molar-refractivity contribution in [3.63, 3.8) is 0 Å². The van der Waals surface area contributed by atoms with Gasteiger partial charge in [-0.1, -0.05) is 73.7 Å². The van der Waals surface area contributed by atoms with E-state index in [2.05, 4.69) is 40.2 Å². The lowest BCUT2D eigenvalue weighted by Crippen LogP contribution is -2.41. The highest BCUT2D eigenvalue weighted by molar-refractivity contribution is 5.88. The number of aromatic nitrogens is 1. The largest absolute Gasteiger partial charge is 0.447 e. The van der Waals surface area contributed by atoms with E-state index in [1.54, 1.807) is 19.0 Å². The van der Waals surface area contributed by atoms with E-state index in [9.17, 15) is 19.2 Å². The van der Waals surface area contributed by atoms with Gasteiger partial charge in [-0.3, -0.25) is 14.4 Å². The maximum absolute atomic E-state index is 13.2. The van der Waals surface area contributed by atoms with Crippen molar-refractivity contribution in [2.24, 2.45) is 0 Å². The topological polar surface area (TPSA) is 101 Å². The molecule has 5 rings (SSSR count). The normalized spacial score (nSPS) is 12.2. The second-order valence-corrected chi connectivity index (χ2v) is 11.4. The van der Waals surface area contributed by atoms with Crippen LogP contribution in [0, 0.1) is 0 Å². The van der Waals surface area contributed by atoms with Crippen molar-refractivity contribution < 1.29 is 23.9 Å². The standard InChI is InChI=1S/C36H40N4O5/c1-4-27(41)22-37-35(43)18-17-28(42)19-20-40-26(21-25-11-5-10-16-34(25)40)23-38(2)39(3)36(44)45-24-33-31-14-8-6-12-29(31)30-13-7-9-15-32(30)33/h5-16,21,33H,4,17-20,22-24H2,1-3H3,(H,37,43). The van der Waals surface area contributed by atoms with E-state index in [4.69, 9.17) is 4.74 Å². The van der Waals surface area contributed by atoms with Crippen molar-refractivity contribution >= 4 is 34.5 Å². The number of Topliss-reactive ketones (excluding diaryl/α,β-unsaturated/α-hetero) is 2. The fraction of sp³-hybridized carbons (Fsp3) is 0.333. The van der Waals surface area contributed by atoms with Crippen LogP contribution in [0.15, 0.2) is 78.9 Å². The van der Waals surface area contributed by atoms with E-state index in [-0.39, 0.29) is 55.8 Å². The number of nitrogens with zero attached hydrogens (tertiary/aromatic N) is 3. The molecule has 9 heteroatoms. The van der Waals surface area contributed by atoms with Gasteiger partial charge in [-0.2, -0.15) is 0 Å². The highest BCUT2D eigenvalue weighted by atomic mass is 16.6. The molecule has 2 amide bonds. The zero-order chi connectivity index (χ0) is 31.9. The van der Waals surface area contributed by atoms with Gasteiger partial charge in [-0.05, 0) is 39.8 Å². The highest BCUT2D eigenvalue weighted by Crippen LogP contribution is 2.44. The number of hydrogen-bond donors (Lipinski definition) is 1. The van der Waals surface area contributed by atoms with Gasteiger partial charge in [0.25, 0.3) is 0 Å². The Morgan fingerprint density at radius 3 is 2.16 bits per heavy atom. The number of ether oxygens (including phenoxy) is 1. The van der Waals surface area contributed by atoms with E-state index < -0.39 is 6.09 Å². The molecule has 0 fully saturated rings. The number of aryl methyl sites for hydroxylation is 1. The first kappa shape index (κ1) is 31.7. The molecular formula is C36H40N4O5. The lowest BCUT2D eigenvalue weighted by atomic mass is 9.98. The van der Waals surface area contributed by atoms with Crippen molar-refractivity contribution in [2.45, 2.75) is 51.6 Å². The molecule has 0 radical (unpaired) electrons. The Hall–Kier alpha value is -4.76. The first-order valence-corrected chi connectivity index (χ1v) is 15.4. The number of nitrogens with one attached hydrogen (secondary N) is 1. The predicted molar refractivity (Wildman–Crippen MR) is 173 cm³/mol. The Balaban J connectivity index is 1.19. The van der Waals surface area contributed by atoms with E-state index in [0.717, 1.165) is 27.7 Å². The number of ketones is 2. The molecule has 1 aliphatic carbocycles. The van der Waals surface area contributed by atoms with Gasteiger partial charge in [0.15, 0.2) is 5.78 Å². The second kappa shape index (κ2) is 14.3. The number of rotatable bonds is 14. The zero-order valence-corrected chi connectivity index (χ0v) is 26.1. The van der Waals surface area contributed by atoms with Crippen LogP contribution in [-0.4, -0.2) is 65.4 Å². The SMILES string of the molecule is CCC(=O)CNC(=O)CCC(=O)CCn1c(CN(C)N(C)C(=O)OCC2c3ccccc3-c3ccccc32)cc2ccccc21. The summed E-state index contributed by atoms with van der Waals surface area (Å²) in [5.41, 5.74) is 6.62. The van der Waals surface area contributed by atoms with Gasteiger partial charge in [0, 0.05) is 63.5 Å². The third kappa shape index (κ3) is 7.32. The van der Waals surface area contributed by atoms with Gasteiger partial charge in [0.1, 0.15) is 12.4 Å². The van der Waals surface area contributed by atoms with Crippen LogP contribution in [0.4, 0.5) is 4.79 Å². The molecule has 45 heavy (non-hydrogen) atoms. The predicted octanol–water partition coefficient (Wildman–Crippen LogP) is 5.70. The number of fused-ring (bicyclic) bond motifs is 4. The first-order chi connectivity index (χ1) is 21.8. The maximum atomic E-state index is 13.2. The van der Waals surface area contributed by atoms with E-state index >= 15 is 0 Å². The molecule has 234 valence electrons. The molecule has 0 bridgehead atoms. The Bertz CT molecular complexity index is 1670. The molecule has 0 saturated carbocycles. The maximum Gasteiger partial charge on any atom is 0.424 e. The van der Waals surface area contributed by atoms with Crippen molar-refractivity contribution in [1.82, 2.24) is 19.9 Å². The summed E-state index contributed by atoms with van der Waals surface area (Å²) in [4.78, 5) is 49.4. The van der Waals surface area contributed by atoms with Crippen molar-refractivity contribution in [2.75, 3.05) is 27.2 Å². The van der Waals surface area contributed by atoms with Crippen LogP contribution in [0.5, 0.6) is 0 Å². The molecule has 1 aliphatic rings. The van der Waals surface area contributed by atoms with Gasteiger partial charge in [-0.15, -0.1) is 0 Å². The summed E-state index contributed by atoms with van der Waals surface area (Å²) in [6.07, 6.45) is 0.353. The van der Waals surface area contributed by atoms with Crippen LogP contribution in [0.2, 0.25) is 0 Å². The van der Waals surface area contributed by atoms with Crippen LogP contribution in [-0.2, 0) is 32.2 Å². The number of para-hydroxylation sites is 1. The molecule has 0 aliphatic heterocycles. The van der Waals surface area contributed by atoms with E-state index in [1.165, 1.54) is 16.1 Å². The van der Waals surface area contributed by atoms with Gasteiger partial charge in [0.05, 0.1) is 13.1 Å². The fourth-order valence-corrected chi connectivity index (χ4v) is 5.85. The Kier molecular flexibility index (Phi) is 10.1. The third-order valence-electron chi connectivity index (χ3n) is 8.52. The monoisotopic (exact) mass is 608 g/mol. The number of hydrogen-bond acceptors (Lipinski definition) is 6. The van der Waals surface area contributed by atoms with Gasteiger partial charge in [-0.25, -0.2) is 14.8 Å². The second-order valence-electron chi connectivity index (χ2n) is 11.4. The van der Waals surface area contributed by atoms with Crippen molar-refractivity contribution in [3.8, 4) is 11.1 Å². The Morgan fingerprint density at radius 2 is 1.47 bits per heavy atom. The van der Waals surface area contributed by atoms with Gasteiger partial charge in [0.2, 0.25) is 5.91 Å². The van der Waals surface area contributed by atoms with Crippen LogP contribution in [0.25, 0.3) is 22.0 Å². The average molecular weight is 609 g/mol. The van der Waals surface area contributed by atoms with Crippen LogP contribution >= 0.6 is 0 Å². The smallest absolute Gasteiger partial charge is 0.424 e. The minimum absolute atomic E-state index is 0.000241. The summed E-state index contributed by atoms with van der Waals surface area (Å²) >= 11 is 0. The number of amides is 2. The van der Waals surface area contributed by atoms with Crippen LogP contribution in [0.1, 0.15) is 55.3 Å². The molecular weight excluding hydrogens is 568 g/mol. The number of benzene rings is 3. The molecule has 0 spiro atoms. The quantitative estimate of drug-likeness (QED) is 0.184. The van der Waals surface area contributed by atoms with Crippen molar-refractivity contribution in [3.05, 3.63) is 95.7 Å². The highest BCUT2D eigenvalue weighted by Gasteiger charge is 2.30. The summed E-state index contributed by atoms with van der Waals surface area (Å²) in [5.74, 6) is -0.393. The third-order valence-corrected chi connectivity index (χ3v) is 8.52. The first-order valence-electron chi connectivity index (χ1n) is 15.4. The molecule has 3 aromatic carbocycles. The summed E-state index contributed by atoms with van der Waals surface area (Å²) in [6, 6.07) is 26.5. The number of carbonyl (C=O) groups excluding carboxylic acids is 4. The number of hydrazine groups is 1. The fourth-order valence-electron chi connectivity index (χ4n) is 5.85. The molecule has 9 nitrogen and oxygen atoms in total. The van der Waals surface area contributed by atoms with Crippen molar-refractivity contribution in [1.29, 1.82) is 0 Å².